The quantitative estimate of drug-likeness (QED) is 0.118. The number of hydrogen-bond acceptors (Lipinski definition) is 8. The highest BCUT2D eigenvalue weighted by molar-refractivity contribution is 5.92. The Labute approximate surface area is 282 Å². The van der Waals surface area contributed by atoms with Gasteiger partial charge in [-0.1, -0.05) is 60.7 Å². The van der Waals surface area contributed by atoms with Gasteiger partial charge < -0.3 is 29.6 Å². The van der Waals surface area contributed by atoms with Crippen molar-refractivity contribution < 1.29 is 38.1 Å². The number of esters is 1. The van der Waals surface area contributed by atoms with E-state index in [2.05, 4.69) is 22.8 Å². The molecule has 0 unspecified atom stereocenters. The van der Waals surface area contributed by atoms with Gasteiger partial charge >= 0.3 is 18.2 Å². The smallest absolute Gasteiger partial charge is 0.407 e. The van der Waals surface area contributed by atoms with Crippen molar-refractivity contribution in [3.05, 3.63) is 89.5 Å². The highest BCUT2D eigenvalue weighted by Gasteiger charge is 2.31. The van der Waals surface area contributed by atoms with E-state index in [1.54, 1.807) is 65.8 Å². The summed E-state index contributed by atoms with van der Waals surface area (Å²) < 4.78 is 22.1. The van der Waals surface area contributed by atoms with Gasteiger partial charge in [0.25, 0.3) is 0 Å². The number of ketones is 1. The van der Waals surface area contributed by atoms with E-state index in [0.29, 0.717) is 30.9 Å². The van der Waals surface area contributed by atoms with Gasteiger partial charge in [0.15, 0.2) is 5.78 Å². The summed E-state index contributed by atoms with van der Waals surface area (Å²) in [6, 6.07) is 21.9. The SMILES string of the molecule is CC(C)(C)OC(=O)C[C@H](NC(=O)OCC1c2ccccc2-c2ccccc21)C(=O)Cc1ccc(OCCCNC(=O)OC(C)(C)C)cc1. The summed E-state index contributed by atoms with van der Waals surface area (Å²) in [5, 5.41) is 5.31. The standard InChI is InChI=1S/C38H46N2O8/c1-37(2,3)47-34(42)23-32(40-36(44)46-24-31-29-14-9-7-12-27(29)28-13-8-10-15-30(28)31)33(41)22-25-16-18-26(19-17-25)45-21-11-20-39-35(43)48-38(4,5)6/h7-10,12-19,31-32H,11,20-24H2,1-6H3,(H,39,43)(H,40,44)/t32-/m0/s1. The summed E-state index contributed by atoms with van der Waals surface area (Å²) >= 11 is 0. The van der Waals surface area contributed by atoms with Crippen molar-refractivity contribution in [2.75, 3.05) is 19.8 Å². The van der Waals surface area contributed by atoms with Crippen LogP contribution in [0.15, 0.2) is 72.8 Å². The van der Waals surface area contributed by atoms with Gasteiger partial charge in [-0.25, -0.2) is 9.59 Å². The van der Waals surface area contributed by atoms with Crippen molar-refractivity contribution in [1.82, 2.24) is 10.6 Å². The van der Waals surface area contributed by atoms with E-state index in [1.165, 1.54) is 0 Å². The number of carbonyl (C=O) groups is 4. The maximum Gasteiger partial charge on any atom is 0.407 e. The summed E-state index contributed by atoms with van der Waals surface area (Å²) in [6.07, 6.45) is -1.05. The van der Waals surface area contributed by atoms with Crippen LogP contribution in [-0.2, 0) is 30.2 Å². The molecule has 256 valence electrons. The number of benzene rings is 3. The number of Topliss-reactive ketones (excluding diaryl/α,β-unsaturated/α-hetero) is 1. The minimum Gasteiger partial charge on any atom is -0.494 e. The first-order valence-corrected chi connectivity index (χ1v) is 16.2. The van der Waals surface area contributed by atoms with Crippen molar-refractivity contribution in [3.8, 4) is 16.9 Å². The second kappa shape index (κ2) is 15.8. The summed E-state index contributed by atoms with van der Waals surface area (Å²) in [5.74, 6) is -0.517. The largest absolute Gasteiger partial charge is 0.494 e. The minimum atomic E-state index is -1.15. The Morgan fingerprint density at radius 1 is 0.750 bits per heavy atom. The number of amides is 2. The molecule has 1 atom stereocenters. The van der Waals surface area contributed by atoms with E-state index >= 15 is 0 Å². The number of fused-ring (bicyclic) bond motifs is 3. The highest BCUT2D eigenvalue weighted by Crippen LogP contribution is 2.44. The maximum atomic E-state index is 13.5. The lowest BCUT2D eigenvalue weighted by Crippen LogP contribution is -2.44. The van der Waals surface area contributed by atoms with Crippen molar-refractivity contribution in [2.24, 2.45) is 0 Å². The molecule has 3 aromatic rings. The molecule has 0 fully saturated rings. The number of rotatable bonds is 13. The van der Waals surface area contributed by atoms with Crippen LogP contribution in [0.2, 0.25) is 0 Å². The average molecular weight is 659 g/mol. The van der Waals surface area contributed by atoms with Gasteiger partial charge in [0, 0.05) is 18.9 Å². The Morgan fingerprint density at radius 2 is 1.33 bits per heavy atom. The zero-order valence-corrected chi connectivity index (χ0v) is 28.6. The molecule has 0 spiro atoms. The summed E-state index contributed by atoms with van der Waals surface area (Å²) in [6.45, 7) is 11.5. The highest BCUT2D eigenvalue weighted by atomic mass is 16.6. The van der Waals surface area contributed by atoms with Gasteiger partial charge in [0.1, 0.15) is 29.6 Å². The summed E-state index contributed by atoms with van der Waals surface area (Å²) in [4.78, 5) is 51.0. The summed E-state index contributed by atoms with van der Waals surface area (Å²) in [5.41, 5.74) is 3.71. The molecule has 2 N–H and O–H groups in total. The van der Waals surface area contributed by atoms with E-state index < -0.39 is 35.4 Å². The molecule has 1 aliphatic carbocycles. The molecule has 48 heavy (non-hydrogen) atoms. The maximum absolute atomic E-state index is 13.5. The molecule has 0 bridgehead atoms. The molecule has 10 heteroatoms. The van der Waals surface area contributed by atoms with Gasteiger partial charge in [-0.05, 0) is 87.9 Å². The number of carbonyl (C=O) groups excluding carboxylic acids is 4. The van der Waals surface area contributed by atoms with Crippen LogP contribution in [0.25, 0.3) is 11.1 Å². The number of nitrogens with one attached hydrogen (secondary N) is 2. The molecule has 10 nitrogen and oxygen atoms in total. The zero-order chi connectivity index (χ0) is 34.9. The Hall–Kier alpha value is -4.86. The fourth-order valence-corrected chi connectivity index (χ4v) is 5.37. The Bertz CT molecular complexity index is 1540. The molecule has 0 aromatic heterocycles. The van der Waals surface area contributed by atoms with E-state index in [-0.39, 0.29) is 31.1 Å². The Kier molecular flexibility index (Phi) is 11.9. The third-order valence-corrected chi connectivity index (χ3v) is 7.38. The molecule has 0 saturated heterocycles. The molecule has 0 saturated carbocycles. The molecule has 2 amide bonds. The first-order valence-electron chi connectivity index (χ1n) is 16.2. The van der Waals surface area contributed by atoms with E-state index in [0.717, 1.165) is 22.3 Å². The molecule has 0 heterocycles. The van der Waals surface area contributed by atoms with Gasteiger partial charge in [0.2, 0.25) is 0 Å². The predicted molar refractivity (Wildman–Crippen MR) is 182 cm³/mol. The minimum absolute atomic E-state index is 0.0305. The summed E-state index contributed by atoms with van der Waals surface area (Å²) in [7, 11) is 0. The number of ether oxygens (including phenoxy) is 4. The third-order valence-electron chi connectivity index (χ3n) is 7.38. The lowest BCUT2D eigenvalue weighted by atomic mass is 9.98. The lowest BCUT2D eigenvalue weighted by Gasteiger charge is -2.23. The first kappa shape index (κ1) is 36.0. The van der Waals surface area contributed by atoms with Crippen LogP contribution in [-0.4, -0.2) is 60.9 Å². The Morgan fingerprint density at radius 3 is 1.92 bits per heavy atom. The fourth-order valence-electron chi connectivity index (χ4n) is 5.37. The van der Waals surface area contributed by atoms with Crippen LogP contribution in [0.5, 0.6) is 5.75 Å². The fraction of sp³-hybridized carbons (Fsp3) is 0.421. The van der Waals surface area contributed by atoms with E-state index in [9.17, 15) is 19.2 Å². The van der Waals surface area contributed by atoms with Crippen LogP contribution in [0.3, 0.4) is 0 Å². The Balaban J connectivity index is 1.32. The number of hydrogen-bond donors (Lipinski definition) is 2. The van der Waals surface area contributed by atoms with Gasteiger partial charge in [-0.3, -0.25) is 9.59 Å². The third kappa shape index (κ3) is 10.9. The zero-order valence-electron chi connectivity index (χ0n) is 28.6. The van der Waals surface area contributed by atoms with Gasteiger partial charge in [0.05, 0.1) is 13.0 Å². The van der Waals surface area contributed by atoms with E-state index in [4.69, 9.17) is 18.9 Å². The normalized spacial score (nSPS) is 13.0. The number of alkyl carbamates (subject to hydrolysis) is 2. The molecule has 0 radical (unpaired) electrons. The van der Waals surface area contributed by atoms with Crippen molar-refractivity contribution in [1.29, 1.82) is 0 Å². The lowest BCUT2D eigenvalue weighted by molar-refractivity contribution is -0.156. The molecule has 0 aliphatic heterocycles. The average Bonchev–Trinajstić information content (AvgIpc) is 3.32. The van der Waals surface area contributed by atoms with Crippen molar-refractivity contribution in [3.63, 3.8) is 0 Å². The first-order chi connectivity index (χ1) is 22.7. The molecule has 4 rings (SSSR count). The van der Waals surface area contributed by atoms with E-state index in [1.807, 2.05) is 36.4 Å². The van der Waals surface area contributed by atoms with Crippen molar-refractivity contribution >= 4 is 23.9 Å². The monoisotopic (exact) mass is 658 g/mol. The van der Waals surface area contributed by atoms with Gasteiger partial charge in [-0.2, -0.15) is 0 Å². The molecule has 3 aromatic carbocycles. The predicted octanol–water partition coefficient (Wildman–Crippen LogP) is 6.73. The molecular formula is C38H46N2O8. The van der Waals surface area contributed by atoms with Crippen LogP contribution in [0.1, 0.15) is 77.0 Å². The topological polar surface area (TPSA) is 129 Å². The second-order valence-electron chi connectivity index (χ2n) is 13.7. The van der Waals surface area contributed by atoms with Crippen molar-refractivity contribution in [2.45, 2.75) is 84.0 Å². The molecular weight excluding hydrogens is 612 g/mol. The van der Waals surface area contributed by atoms with Crippen LogP contribution in [0.4, 0.5) is 9.59 Å². The molecule has 1 aliphatic rings. The van der Waals surface area contributed by atoms with Crippen LogP contribution >= 0.6 is 0 Å². The van der Waals surface area contributed by atoms with Crippen LogP contribution < -0.4 is 15.4 Å². The second-order valence-corrected chi connectivity index (χ2v) is 13.7. The van der Waals surface area contributed by atoms with Crippen LogP contribution in [0, 0.1) is 0 Å². The van der Waals surface area contributed by atoms with Gasteiger partial charge in [-0.15, -0.1) is 0 Å².